The van der Waals surface area contributed by atoms with Crippen molar-refractivity contribution in [3.8, 4) is 0 Å². The Morgan fingerprint density at radius 3 is 2.65 bits per heavy atom. The predicted octanol–water partition coefficient (Wildman–Crippen LogP) is 1.99. The summed E-state index contributed by atoms with van der Waals surface area (Å²) >= 11 is 0. The van der Waals surface area contributed by atoms with Gasteiger partial charge in [0.2, 0.25) is 0 Å². The molecule has 1 aromatic carbocycles. The zero-order valence-electron chi connectivity index (χ0n) is 17.3. The van der Waals surface area contributed by atoms with Crippen molar-refractivity contribution in [2.75, 3.05) is 13.2 Å². The minimum Gasteiger partial charge on any atom is -0.459 e. The van der Waals surface area contributed by atoms with E-state index in [1.54, 1.807) is 38.1 Å². The molecule has 1 fully saturated rings. The number of hydrogen-bond acceptors (Lipinski definition) is 7. The summed E-state index contributed by atoms with van der Waals surface area (Å²) in [4.78, 5) is 41.5. The Bertz CT molecular complexity index is 1100. The monoisotopic (exact) mass is 429 g/mol. The highest BCUT2D eigenvalue weighted by Crippen LogP contribution is 2.33. The minimum absolute atomic E-state index is 0.215. The Balaban J connectivity index is 1.86. The molecule has 0 bridgehead atoms. The summed E-state index contributed by atoms with van der Waals surface area (Å²) in [7, 11) is 0. The average molecular weight is 429 g/mol. The minimum atomic E-state index is -0.985. The third kappa shape index (κ3) is 4.85. The maximum absolute atomic E-state index is 12.4. The smallest absolute Gasteiger partial charge is 0.338 e. The first-order valence-corrected chi connectivity index (χ1v) is 9.72. The van der Waals surface area contributed by atoms with Gasteiger partial charge >= 0.3 is 11.7 Å². The molecule has 3 rings (SSSR count). The number of azide groups is 1. The highest BCUT2D eigenvalue weighted by molar-refractivity contribution is 5.89. The second kappa shape index (κ2) is 9.61. The molecule has 31 heavy (non-hydrogen) atoms. The molecule has 4 atom stereocenters. The second-order valence-electron chi connectivity index (χ2n) is 7.12. The zero-order valence-corrected chi connectivity index (χ0v) is 17.3. The molecule has 1 N–H and O–H groups in total. The summed E-state index contributed by atoms with van der Waals surface area (Å²) in [5.74, 6) is -0.559. The first-order chi connectivity index (χ1) is 14.8. The van der Waals surface area contributed by atoms with Crippen molar-refractivity contribution >= 4 is 5.97 Å². The van der Waals surface area contributed by atoms with Gasteiger partial charge in [0.05, 0.1) is 11.6 Å². The van der Waals surface area contributed by atoms with Gasteiger partial charge in [-0.2, -0.15) is 0 Å². The van der Waals surface area contributed by atoms with Gasteiger partial charge in [-0.3, -0.25) is 14.3 Å². The van der Waals surface area contributed by atoms with E-state index in [0.29, 0.717) is 11.1 Å². The Labute approximate surface area is 177 Å². The van der Waals surface area contributed by atoms with E-state index in [-0.39, 0.29) is 13.2 Å². The van der Waals surface area contributed by atoms with Crippen molar-refractivity contribution in [1.29, 1.82) is 0 Å². The van der Waals surface area contributed by atoms with E-state index in [2.05, 4.69) is 15.0 Å². The van der Waals surface area contributed by atoms with Crippen molar-refractivity contribution in [1.82, 2.24) is 9.55 Å². The number of esters is 1. The van der Waals surface area contributed by atoms with Crippen molar-refractivity contribution < 1.29 is 19.0 Å². The Morgan fingerprint density at radius 2 is 2.00 bits per heavy atom. The van der Waals surface area contributed by atoms with Crippen LogP contribution < -0.4 is 11.2 Å². The number of hydrogen-bond donors (Lipinski definition) is 1. The third-order valence-corrected chi connectivity index (χ3v) is 4.94. The fourth-order valence-corrected chi connectivity index (χ4v) is 3.36. The molecule has 0 amide bonds. The summed E-state index contributed by atoms with van der Waals surface area (Å²) in [6.07, 6.45) is -1.31. The van der Waals surface area contributed by atoms with Gasteiger partial charge in [0, 0.05) is 23.3 Å². The highest BCUT2D eigenvalue weighted by atomic mass is 16.6. The third-order valence-electron chi connectivity index (χ3n) is 4.94. The Kier molecular flexibility index (Phi) is 6.91. The van der Waals surface area contributed by atoms with Gasteiger partial charge in [-0.15, -0.1) is 0 Å². The van der Waals surface area contributed by atoms with Gasteiger partial charge in [0.1, 0.15) is 18.8 Å². The molecule has 1 saturated heterocycles. The van der Waals surface area contributed by atoms with Crippen LogP contribution in [0.25, 0.3) is 10.4 Å². The lowest BCUT2D eigenvalue weighted by atomic mass is 10.1. The van der Waals surface area contributed by atoms with Crippen molar-refractivity contribution in [3.05, 3.63) is 78.4 Å². The maximum atomic E-state index is 12.4. The Morgan fingerprint density at radius 1 is 1.29 bits per heavy atom. The molecule has 2 aromatic rings. The molecule has 164 valence electrons. The van der Waals surface area contributed by atoms with Crippen molar-refractivity contribution in [2.45, 2.75) is 45.2 Å². The van der Waals surface area contributed by atoms with E-state index in [1.807, 2.05) is 6.92 Å². The van der Waals surface area contributed by atoms with Crippen LogP contribution in [0.15, 0.2) is 45.2 Å². The standard InChI is InChI=1S/C20H23N5O6/c1-4-29-16-15(23-24-21)14(10-30-19(27)13-7-5-11(2)6-8-13)31-18(16)25-9-12(3)17(26)22-20(25)28/h5-9,14-16,18H,4,10H2,1-3H3,(H,22,26,28)/t14-,15-,16-,18-/m1/s1. The number of H-pyrrole nitrogens is 1. The van der Waals surface area contributed by atoms with E-state index in [0.717, 1.165) is 5.56 Å². The first-order valence-electron chi connectivity index (χ1n) is 9.72. The lowest BCUT2D eigenvalue weighted by molar-refractivity contribution is -0.0729. The zero-order chi connectivity index (χ0) is 22.5. The number of aryl methyl sites for hydroxylation is 2. The largest absolute Gasteiger partial charge is 0.459 e. The van der Waals surface area contributed by atoms with Crippen molar-refractivity contribution in [3.63, 3.8) is 0 Å². The molecule has 0 unspecified atom stereocenters. The van der Waals surface area contributed by atoms with Crippen LogP contribution in [0.5, 0.6) is 0 Å². The lowest BCUT2D eigenvalue weighted by Gasteiger charge is -2.22. The molecule has 11 nitrogen and oxygen atoms in total. The number of aromatic nitrogens is 2. The highest BCUT2D eigenvalue weighted by Gasteiger charge is 2.47. The number of rotatable bonds is 7. The SMILES string of the molecule is CCO[C@@H]1[C@H](N=[N+]=[N-])[C@@H](COC(=O)c2ccc(C)cc2)O[C@H]1n1cc(C)c(=O)[nH]c1=O. The van der Waals surface area contributed by atoms with Crippen LogP contribution in [0.4, 0.5) is 0 Å². The van der Waals surface area contributed by atoms with Gasteiger partial charge in [-0.1, -0.05) is 22.8 Å². The topological polar surface area (TPSA) is 148 Å². The first kappa shape index (κ1) is 22.3. The van der Waals surface area contributed by atoms with Crippen LogP contribution in [0.1, 0.15) is 34.6 Å². The summed E-state index contributed by atoms with van der Waals surface area (Å²) in [5.41, 5.74) is 9.49. The van der Waals surface area contributed by atoms with E-state index >= 15 is 0 Å². The number of ether oxygens (including phenoxy) is 3. The van der Waals surface area contributed by atoms with E-state index in [1.165, 1.54) is 10.8 Å². The van der Waals surface area contributed by atoms with Gasteiger partial charge < -0.3 is 14.2 Å². The molecular formula is C20H23N5O6. The average Bonchev–Trinajstić information content (AvgIpc) is 3.07. The second-order valence-corrected chi connectivity index (χ2v) is 7.12. The summed E-state index contributed by atoms with van der Waals surface area (Å²) in [6.45, 7) is 5.24. The Hall–Kier alpha value is -3.40. The number of benzene rings is 1. The van der Waals surface area contributed by atoms with Crippen molar-refractivity contribution in [2.24, 2.45) is 5.11 Å². The number of carbonyl (C=O) groups is 1. The lowest BCUT2D eigenvalue weighted by Crippen LogP contribution is -2.39. The molecule has 2 heterocycles. The van der Waals surface area contributed by atoms with Crippen LogP contribution in [-0.2, 0) is 14.2 Å². The maximum Gasteiger partial charge on any atom is 0.338 e. The summed E-state index contributed by atoms with van der Waals surface area (Å²) in [5, 5.41) is 3.76. The molecule has 11 heteroatoms. The number of nitrogens with zero attached hydrogens (tertiary/aromatic N) is 4. The van der Waals surface area contributed by atoms with Crippen LogP contribution in [-0.4, -0.2) is 47.0 Å². The van der Waals surface area contributed by atoms with E-state index in [4.69, 9.17) is 19.7 Å². The van der Waals surface area contributed by atoms with E-state index in [9.17, 15) is 14.4 Å². The van der Waals surface area contributed by atoms with Crippen LogP contribution in [0.2, 0.25) is 0 Å². The molecular weight excluding hydrogens is 406 g/mol. The predicted molar refractivity (Wildman–Crippen MR) is 110 cm³/mol. The van der Waals surface area contributed by atoms with Gasteiger partial charge in [0.15, 0.2) is 6.23 Å². The van der Waals surface area contributed by atoms with Crippen LogP contribution in [0, 0.1) is 13.8 Å². The molecule has 0 aliphatic carbocycles. The molecule has 1 aliphatic heterocycles. The fraction of sp³-hybridized carbons (Fsp3) is 0.450. The molecule has 0 spiro atoms. The fourth-order valence-electron chi connectivity index (χ4n) is 3.36. The molecule has 1 aromatic heterocycles. The van der Waals surface area contributed by atoms with Gasteiger partial charge in [-0.05, 0) is 38.4 Å². The molecule has 0 radical (unpaired) electrons. The number of nitrogens with one attached hydrogen (secondary N) is 1. The normalized spacial score (nSPS) is 22.7. The van der Waals surface area contributed by atoms with E-state index < -0.39 is 41.7 Å². The van der Waals surface area contributed by atoms with Gasteiger partial charge in [0.25, 0.3) is 5.56 Å². The number of carbonyl (C=O) groups excluding carboxylic acids is 1. The summed E-state index contributed by atoms with van der Waals surface area (Å²) < 4.78 is 18.2. The van der Waals surface area contributed by atoms with Gasteiger partial charge in [-0.25, -0.2) is 9.59 Å². The van der Waals surface area contributed by atoms with Crippen LogP contribution in [0.3, 0.4) is 0 Å². The van der Waals surface area contributed by atoms with Crippen LogP contribution >= 0.6 is 0 Å². The summed E-state index contributed by atoms with van der Waals surface area (Å²) in [6, 6.07) is 6.01. The molecule has 1 aliphatic rings. The quantitative estimate of drug-likeness (QED) is 0.308. The molecule has 0 saturated carbocycles. The number of aromatic amines is 1.